The number of rotatable bonds is 2. The van der Waals surface area contributed by atoms with Gasteiger partial charge < -0.3 is 9.80 Å². The first-order valence-corrected chi connectivity index (χ1v) is 7.25. The average molecular weight is 266 g/mol. The van der Waals surface area contributed by atoms with E-state index in [0.29, 0.717) is 6.67 Å². The van der Waals surface area contributed by atoms with Crippen LogP contribution in [0.15, 0.2) is 11.3 Å². The second kappa shape index (κ2) is 5.18. The van der Waals surface area contributed by atoms with Crippen molar-refractivity contribution in [3.63, 3.8) is 0 Å². The third-order valence-electron chi connectivity index (χ3n) is 3.46. The molecule has 1 aliphatic rings. The smallest absolute Gasteiger partial charge is 0.253 e. The fraction of sp³-hybridized carbons (Fsp3) is 0.812. The van der Waals surface area contributed by atoms with Crippen LogP contribution in [-0.4, -0.2) is 36.0 Å². The van der Waals surface area contributed by atoms with Crippen LogP contribution in [0.5, 0.6) is 0 Å². The number of hydrogen-bond donors (Lipinski definition) is 0. The van der Waals surface area contributed by atoms with Crippen LogP contribution in [-0.2, 0) is 4.79 Å². The number of allylic oxidation sites excluding steroid dienone is 1. The number of nitrogens with zero attached hydrogens (tertiary/aromatic N) is 2. The van der Waals surface area contributed by atoms with Crippen molar-refractivity contribution in [2.75, 3.05) is 20.3 Å². The van der Waals surface area contributed by atoms with Crippen LogP contribution >= 0.6 is 0 Å². The van der Waals surface area contributed by atoms with E-state index in [9.17, 15) is 4.79 Å². The van der Waals surface area contributed by atoms with Gasteiger partial charge in [0, 0.05) is 30.3 Å². The highest BCUT2D eigenvalue weighted by molar-refractivity contribution is 5.96. The molecule has 0 fully saturated rings. The summed E-state index contributed by atoms with van der Waals surface area (Å²) in [6, 6.07) is 0. The Hall–Kier alpha value is -0.990. The molecule has 0 spiro atoms. The van der Waals surface area contributed by atoms with E-state index in [1.165, 1.54) is 5.70 Å². The molecule has 1 aliphatic heterocycles. The Morgan fingerprint density at radius 1 is 1.05 bits per heavy atom. The standard InChI is InChI=1S/C16H30N2O/c1-9-10-18-11-17(8)13(16(5,6)7)12(14(18)19)15(2,3)4/h9-11H2,1-8H3. The fourth-order valence-electron chi connectivity index (χ4n) is 2.91. The Bertz CT molecular complexity index is 383. The van der Waals surface area contributed by atoms with Gasteiger partial charge in [-0.3, -0.25) is 4.79 Å². The Balaban J connectivity index is 3.40. The van der Waals surface area contributed by atoms with Crippen molar-refractivity contribution >= 4 is 5.91 Å². The summed E-state index contributed by atoms with van der Waals surface area (Å²) in [5.41, 5.74) is 2.03. The van der Waals surface area contributed by atoms with E-state index in [0.717, 1.165) is 18.5 Å². The van der Waals surface area contributed by atoms with Gasteiger partial charge in [0.2, 0.25) is 0 Å². The third kappa shape index (κ3) is 3.31. The summed E-state index contributed by atoms with van der Waals surface area (Å²) >= 11 is 0. The molecular weight excluding hydrogens is 236 g/mol. The van der Waals surface area contributed by atoms with Gasteiger partial charge in [-0.15, -0.1) is 0 Å². The molecule has 0 unspecified atom stereocenters. The average Bonchev–Trinajstić information content (AvgIpc) is 2.19. The van der Waals surface area contributed by atoms with E-state index in [4.69, 9.17) is 0 Å². The summed E-state index contributed by atoms with van der Waals surface area (Å²) in [5, 5.41) is 0. The van der Waals surface area contributed by atoms with Gasteiger partial charge >= 0.3 is 0 Å². The number of carbonyl (C=O) groups is 1. The van der Waals surface area contributed by atoms with E-state index in [1.54, 1.807) is 0 Å². The van der Waals surface area contributed by atoms with Crippen LogP contribution in [0.1, 0.15) is 54.9 Å². The van der Waals surface area contributed by atoms with Gasteiger partial charge in [-0.2, -0.15) is 0 Å². The zero-order valence-corrected chi connectivity index (χ0v) is 13.9. The first kappa shape index (κ1) is 16.1. The maximum atomic E-state index is 12.8. The second-order valence-corrected chi connectivity index (χ2v) is 7.63. The number of carbonyl (C=O) groups excluding carboxylic acids is 1. The largest absolute Gasteiger partial charge is 0.359 e. The lowest BCUT2D eigenvalue weighted by Crippen LogP contribution is -2.50. The molecule has 0 saturated carbocycles. The van der Waals surface area contributed by atoms with Crippen LogP contribution in [0.25, 0.3) is 0 Å². The molecule has 110 valence electrons. The van der Waals surface area contributed by atoms with E-state index in [1.807, 2.05) is 4.90 Å². The van der Waals surface area contributed by atoms with Crippen LogP contribution < -0.4 is 0 Å². The highest BCUT2D eigenvalue weighted by Crippen LogP contribution is 2.41. The summed E-state index contributed by atoms with van der Waals surface area (Å²) in [6.45, 7) is 16.6. The highest BCUT2D eigenvalue weighted by atomic mass is 16.2. The minimum atomic E-state index is -0.125. The topological polar surface area (TPSA) is 23.6 Å². The minimum absolute atomic E-state index is 0.00860. The molecule has 3 nitrogen and oxygen atoms in total. The molecule has 1 rings (SSSR count). The molecular formula is C16H30N2O. The Morgan fingerprint density at radius 2 is 1.58 bits per heavy atom. The van der Waals surface area contributed by atoms with Crippen molar-refractivity contribution in [2.45, 2.75) is 54.9 Å². The van der Waals surface area contributed by atoms with Crippen LogP contribution in [0, 0.1) is 10.8 Å². The Morgan fingerprint density at radius 3 is 1.95 bits per heavy atom. The minimum Gasteiger partial charge on any atom is -0.359 e. The summed E-state index contributed by atoms with van der Waals surface area (Å²) in [6.07, 6.45) is 1.00. The molecule has 0 N–H and O–H groups in total. The lowest BCUT2D eigenvalue weighted by Gasteiger charge is -2.45. The number of hydrogen-bond acceptors (Lipinski definition) is 2. The normalized spacial score (nSPS) is 18.4. The zero-order chi connectivity index (χ0) is 15.0. The molecule has 1 heterocycles. The summed E-state index contributed by atoms with van der Waals surface area (Å²) in [5.74, 6) is 0.220. The monoisotopic (exact) mass is 266 g/mol. The third-order valence-corrected chi connectivity index (χ3v) is 3.46. The predicted molar refractivity (Wildman–Crippen MR) is 80.6 cm³/mol. The van der Waals surface area contributed by atoms with Gasteiger partial charge in [0.05, 0.1) is 6.67 Å². The van der Waals surface area contributed by atoms with Gasteiger partial charge in [0.15, 0.2) is 0 Å². The molecule has 0 aromatic rings. The van der Waals surface area contributed by atoms with E-state index < -0.39 is 0 Å². The molecule has 0 aliphatic carbocycles. The zero-order valence-electron chi connectivity index (χ0n) is 13.9. The van der Waals surface area contributed by atoms with E-state index >= 15 is 0 Å². The second-order valence-electron chi connectivity index (χ2n) is 7.63. The van der Waals surface area contributed by atoms with Crippen molar-refractivity contribution in [3.05, 3.63) is 11.3 Å². The molecule has 0 aromatic carbocycles. The van der Waals surface area contributed by atoms with Crippen molar-refractivity contribution < 1.29 is 4.79 Å². The Kier molecular flexibility index (Phi) is 4.38. The number of amides is 1. The Labute approximate surface area is 118 Å². The predicted octanol–water partition coefficient (Wildman–Crippen LogP) is 3.47. The van der Waals surface area contributed by atoms with Crippen LogP contribution in [0.3, 0.4) is 0 Å². The van der Waals surface area contributed by atoms with Gasteiger partial charge in [-0.25, -0.2) is 0 Å². The lowest BCUT2D eigenvalue weighted by atomic mass is 9.76. The molecule has 19 heavy (non-hydrogen) atoms. The quantitative estimate of drug-likeness (QED) is 0.764. The molecule has 1 amide bonds. The van der Waals surface area contributed by atoms with E-state index in [2.05, 4.69) is 60.4 Å². The van der Waals surface area contributed by atoms with Crippen molar-refractivity contribution in [1.29, 1.82) is 0 Å². The molecule has 3 heteroatoms. The van der Waals surface area contributed by atoms with Gasteiger partial charge in [0.1, 0.15) is 0 Å². The first-order chi connectivity index (χ1) is 8.50. The molecule has 0 radical (unpaired) electrons. The van der Waals surface area contributed by atoms with Crippen molar-refractivity contribution in [1.82, 2.24) is 9.80 Å². The molecule has 0 aromatic heterocycles. The summed E-state index contributed by atoms with van der Waals surface area (Å²) < 4.78 is 0. The molecule has 0 bridgehead atoms. The van der Waals surface area contributed by atoms with Crippen molar-refractivity contribution in [2.24, 2.45) is 10.8 Å². The maximum Gasteiger partial charge on any atom is 0.253 e. The molecule has 0 atom stereocenters. The summed E-state index contributed by atoms with van der Waals surface area (Å²) in [4.78, 5) is 17.0. The van der Waals surface area contributed by atoms with Crippen molar-refractivity contribution in [3.8, 4) is 0 Å². The van der Waals surface area contributed by atoms with E-state index in [-0.39, 0.29) is 16.7 Å². The first-order valence-electron chi connectivity index (χ1n) is 7.25. The SMILES string of the molecule is CCCN1CN(C)C(C(C)(C)C)=C(C(C)(C)C)C1=O. The van der Waals surface area contributed by atoms with Crippen LogP contribution in [0.2, 0.25) is 0 Å². The van der Waals surface area contributed by atoms with Crippen LogP contribution in [0.4, 0.5) is 0 Å². The lowest BCUT2D eigenvalue weighted by molar-refractivity contribution is -0.132. The fourth-order valence-corrected chi connectivity index (χ4v) is 2.91. The summed E-state index contributed by atoms with van der Waals surface area (Å²) in [7, 11) is 2.10. The maximum absolute atomic E-state index is 12.8. The van der Waals surface area contributed by atoms with Gasteiger partial charge in [-0.1, -0.05) is 48.5 Å². The van der Waals surface area contributed by atoms with Gasteiger partial charge in [-0.05, 0) is 11.8 Å². The highest BCUT2D eigenvalue weighted by Gasteiger charge is 2.40. The van der Waals surface area contributed by atoms with Gasteiger partial charge in [0.25, 0.3) is 5.91 Å². The molecule has 0 saturated heterocycles.